The lowest BCUT2D eigenvalue weighted by atomic mass is 10.1. The van der Waals surface area contributed by atoms with Crippen molar-refractivity contribution in [1.29, 1.82) is 0 Å². The number of nitrogens with two attached hydrogens (primary N) is 1. The minimum atomic E-state index is -4.30. The molecule has 0 aliphatic carbocycles. The van der Waals surface area contributed by atoms with E-state index in [-0.39, 0.29) is 12.5 Å². The lowest BCUT2D eigenvalue weighted by molar-refractivity contribution is -0.138. The van der Waals surface area contributed by atoms with E-state index < -0.39 is 32.2 Å². The molecular formula is C7H13F3NO3PS. The maximum Gasteiger partial charge on any atom is 0.390 e. The van der Waals surface area contributed by atoms with Crippen LogP contribution >= 0.6 is 20.0 Å². The summed E-state index contributed by atoms with van der Waals surface area (Å²) in [6.45, 7) is 0. The van der Waals surface area contributed by atoms with Gasteiger partial charge in [0.25, 0.3) is 0 Å². The molecule has 9 heteroatoms. The molecule has 3 N–H and O–H groups in total. The van der Waals surface area contributed by atoms with Gasteiger partial charge in [0.05, 0.1) is 12.5 Å². The van der Waals surface area contributed by atoms with Crippen molar-refractivity contribution in [3.8, 4) is 0 Å². The number of halogens is 3. The first-order valence-corrected chi connectivity index (χ1v) is 6.92. The van der Waals surface area contributed by atoms with Crippen LogP contribution in [0.3, 0.4) is 0 Å². The second kappa shape index (κ2) is 5.73. The number of alkyl halides is 3. The summed E-state index contributed by atoms with van der Waals surface area (Å²) in [5, 5.41) is -0.846. The van der Waals surface area contributed by atoms with Crippen LogP contribution in [0, 0.1) is 0 Å². The molecule has 4 unspecified atom stereocenters. The smallest absolute Gasteiger partial charge is 0.327 e. The average molecular weight is 279 g/mol. The Bertz CT molecular complexity index is 266. The highest BCUT2D eigenvalue weighted by molar-refractivity contribution is 8.00. The molecule has 1 aliphatic heterocycles. The molecule has 4 nitrogen and oxygen atoms in total. The molecule has 0 bridgehead atoms. The van der Waals surface area contributed by atoms with E-state index in [0.717, 1.165) is 11.8 Å². The van der Waals surface area contributed by atoms with Crippen molar-refractivity contribution in [1.82, 2.24) is 0 Å². The van der Waals surface area contributed by atoms with Gasteiger partial charge < -0.3 is 15.2 Å². The second-order valence-corrected chi connectivity index (χ2v) is 5.65. The van der Waals surface area contributed by atoms with Crippen molar-refractivity contribution in [3.63, 3.8) is 0 Å². The van der Waals surface area contributed by atoms with Crippen LogP contribution in [-0.2, 0) is 9.09 Å². The molecule has 0 radical (unpaired) electrons. The van der Waals surface area contributed by atoms with Crippen LogP contribution in [0.4, 0.5) is 13.2 Å². The number of hydrogen-bond donors (Lipinski definition) is 2. The highest BCUT2D eigenvalue weighted by atomic mass is 32.2. The zero-order valence-electron chi connectivity index (χ0n) is 8.24. The standard InChI is InChI=1S/C7H13F3NO3PS/c8-7(9,10)2-6-5(14-15(12)13)1-4(11)3-16-6/h4-6,15H,1-3,11H2,(H,12,13). The van der Waals surface area contributed by atoms with Crippen molar-refractivity contribution < 1.29 is 27.2 Å². The molecule has 0 saturated carbocycles. The summed E-state index contributed by atoms with van der Waals surface area (Å²) >= 11 is 1.04. The predicted octanol–water partition coefficient (Wildman–Crippen LogP) is 1.54. The van der Waals surface area contributed by atoms with Gasteiger partial charge in [0.2, 0.25) is 0 Å². The summed E-state index contributed by atoms with van der Waals surface area (Å²) in [7, 11) is -3.23. The zero-order valence-corrected chi connectivity index (χ0v) is 10.1. The maximum absolute atomic E-state index is 12.2. The quantitative estimate of drug-likeness (QED) is 0.767. The highest BCUT2D eigenvalue weighted by Crippen LogP contribution is 2.38. The Morgan fingerprint density at radius 3 is 2.69 bits per heavy atom. The Labute approximate surface area is 95.7 Å². The van der Waals surface area contributed by atoms with Gasteiger partial charge in [-0.15, -0.1) is 0 Å². The Kier molecular flexibility index (Phi) is 5.12. The lowest BCUT2D eigenvalue weighted by Gasteiger charge is -2.33. The molecule has 4 atom stereocenters. The summed E-state index contributed by atoms with van der Waals surface area (Å²) in [4.78, 5) is 8.60. The van der Waals surface area contributed by atoms with E-state index in [1.165, 1.54) is 0 Å². The number of rotatable bonds is 3. The lowest BCUT2D eigenvalue weighted by Crippen LogP contribution is -2.42. The first kappa shape index (κ1) is 14.3. The van der Waals surface area contributed by atoms with Crippen LogP contribution in [0.1, 0.15) is 12.8 Å². The van der Waals surface area contributed by atoms with Crippen LogP contribution in [0.15, 0.2) is 0 Å². The third-order valence-electron chi connectivity index (χ3n) is 2.16. The largest absolute Gasteiger partial charge is 0.390 e. The van der Waals surface area contributed by atoms with Crippen molar-refractivity contribution in [2.75, 3.05) is 5.75 Å². The Morgan fingerprint density at radius 2 is 2.19 bits per heavy atom. The van der Waals surface area contributed by atoms with Gasteiger partial charge in [-0.25, -0.2) is 0 Å². The molecule has 1 saturated heterocycles. The summed E-state index contributed by atoms with van der Waals surface area (Å²) in [6.07, 6.45) is -6.03. The molecule has 1 aliphatic rings. The first-order valence-electron chi connectivity index (χ1n) is 4.61. The van der Waals surface area contributed by atoms with E-state index >= 15 is 0 Å². The van der Waals surface area contributed by atoms with Gasteiger partial charge >= 0.3 is 14.4 Å². The van der Waals surface area contributed by atoms with Crippen molar-refractivity contribution >= 4 is 20.0 Å². The second-order valence-electron chi connectivity index (χ2n) is 3.61. The summed E-state index contributed by atoms with van der Waals surface area (Å²) in [6, 6.07) is -0.291. The van der Waals surface area contributed by atoms with Crippen LogP contribution in [-0.4, -0.2) is 34.2 Å². The van der Waals surface area contributed by atoms with E-state index in [0.29, 0.717) is 5.75 Å². The number of thioether (sulfide) groups is 1. The fraction of sp³-hybridized carbons (Fsp3) is 1.00. The van der Waals surface area contributed by atoms with Crippen LogP contribution in [0.2, 0.25) is 0 Å². The Balaban J connectivity index is 2.61. The molecule has 0 aromatic carbocycles. The fourth-order valence-corrected chi connectivity index (χ4v) is 3.48. The topological polar surface area (TPSA) is 72.5 Å². The van der Waals surface area contributed by atoms with Gasteiger partial charge in [-0.3, -0.25) is 4.57 Å². The summed E-state index contributed by atoms with van der Waals surface area (Å²) in [5.74, 6) is 0.410. The van der Waals surface area contributed by atoms with E-state index in [1.807, 2.05) is 0 Å². The first-order chi connectivity index (χ1) is 7.28. The Morgan fingerprint density at radius 1 is 1.56 bits per heavy atom. The molecular weight excluding hydrogens is 266 g/mol. The molecule has 1 heterocycles. The maximum atomic E-state index is 12.2. The van der Waals surface area contributed by atoms with E-state index in [9.17, 15) is 17.7 Å². The monoisotopic (exact) mass is 279 g/mol. The summed E-state index contributed by atoms with van der Waals surface area (Å²) in [5.41, 5.74) is 5.57. The predicted molar refractivity (Wildman–Crippen MR) is 55.6 cm³/mol. The highest BCUT2D eigenvalue weighted by Gasteiger charge is 2.39. The van der Waals surface area contributed by atoms with Gasteiger partial charge in [-0.05, 0) is 6.42 Å². The van der Waals surface area contributed by atoms with E-state index in [4.69, 9.17) is 10.6 Å². The van der Waals surface area contributed by atoms with Crippen LogP contribution in [0.25, 0.3) is 0 Å². The van der Waals surface area contributed by atoms with E-state index in [1.54, 1.807) is 0 Å². The third kappa shape index (κ3) is 5.05. The van der Waals surface area contributed by atoms with Crippen molar-refractivity contribution in [2.24, 2.45) is 5.73 Å². The van der Waals surface area contributed by atoms with Crippen LogP contribution < -0.4 is 5.73 Å². The molecule has 0 amide bonds. The van der Waals surface area contributed by atoms with Gasteiger partial charge in [-0.2, -0.15) is 24.9 Å². The molecule has 1 rings (SSSR count). The zero-order chi connectivity index (χ0) is 12.3. The van der Waals surface area contributed by atoms with Crippen LogP contribution in [0.5, 0.6) is 0 Å². The Hall–Kier alpha value is 0.250. The summed E-state index contributed by atoms with van der Waals surface area (Å²) < 4.78 is 51.8. The van der Waals surface area contributed by atoms with Gasteiger partial charge in [-0.1, -0.05) is 0 Å². The van der Waals surface area contributed by atoms with Gasteiger partial charge in [0.15, 0.2) is 0 Å². The normalized spacial score (nSPS) is 33.7. The molecule has 1 fully saturated rings. The minimum absolute atomic E-state index is 0.185. The molecule has 0 aromatic heterocycles. The SMILES string of the molecule is NC1CSC(CC(F)(F)F)C(O[PH](=O)O)C1. The fourth-order valence-electron chi connectivity index (χ4n) is 1.54. The van der Waals surface area contributed by atoms with Crippen molar-refractivity contribution in [2.45, 2.75) is 36.4 Å². The average Bonchev–Trinajstić information content (AvgIpc) is 2.06. The van der Waals surface area contributed by atoms with E-state index in [2.05, 4.69) is 4.52 Å². The van der Waals surface area contributed by atoms with Crippen molar-refractivity contribution in [3.05, 3.63) is 0 Å². The third-order valence-corrected chi connectivity index (χ3v) is 4.18. The molecule has 0 aromatic rings. The number of hydrogen-bond acceptors (Lipinski definition) is 4. The minimum Gasteiger partial charge on any atom is -0.327 e. The molecule has 0 spiro atoms. The van der Waals surface area contributed by atoms with Gasteiger partial charge in [0, 0.05) is 17.0 Å². The molecule has 16 heavy (non-hydrogen) atoms. The van der Waals surface area contributed by atoms with Gasteiger partial charge in [0.1, 0.15) is 0 Å². The molecule has 96 valence electrons.